The Balaban J connectivity index is 2.21. The minimum atomic E-state index is 0.217. The summed E-state index contributed by atoms with van der Waals surface area (Å²) in [6.45, 7) is 2.26. The van der Waals surface area contributed by atoms with Gasteiger partial charge < -0.3 is 5.73 Å². The molecule has 1 nitrogen and oxygen atoms in total. The number of unbranched alkanes of at least 4 members (excludes halogenated alkanes) is 5. The zero-order valence-electron chi connectivity index (χ0n) is 10.8. The summed E-state index contributed by atoms with van der Waals surface area (Å²) in [5, 5.41) is 0. The van der Waals surface area contributed by atoms with Crippen LogP contribution in [0.3, 0.4) is 0 Å². The highest BCUT2D eigenvalue weighted by Crippen LogP contribution is 2.22. The number of hydrogen-bond donors (Lipinski definition) is 1. The maximum Gasteiger partial charge on any atom is 0.0305 e. The van der Waals surface area contributed by atoms with Crippen LogP contribution in [0.2, 0.25) is 0 Å². The number of nitrogens with two attached hydrogens (primary N) is 1. The van der Waals surface area contributed by atoms with Gasteiger partial charge >= 0.3 is 0 Å². The molecule has 0 heterocycles. The molecular weight excluding hydrogens is 321 g/mol. The Bertz CT molecular complexity index is 312. The van der Waals surface area contributed by atoms with E-state index >= 15 is 0 Å². The summed E-state index contributed by atoms with van der Waals surface area (Å²) in [4.78, 5) is 0. The first-order valence-electron chi connectivity index (χ1n) is 6.75. The SMILES string of the molecule is CCCCCCCCC(N)c1ccccc1I. The zero-order chi connectivity index (χ0) is 12.5. The molecule has 0 radical (unpaired) electrons. The molecule has 0 aliphatic rings. The Hall–Kier alpha value is -0.0900. The quantitative estimate of drug-likeness (QED) is 0.518. The Morgan fingerprint density at radius 3 is 2.41 bits per heavy atom. The first kappa shape index (κ1) is 15.0. The third kappa shape index (κ3) is 5.87. The van der Waals surface area contributed by atoms with Crippen LogP contribution in [-0.2, 0) is 0 Å². The predicted octanol–water partition coefficient (Wildman–Crippen LogP) is 5.04. The van der Waals surface area contributed by atoms with Crippen molar-refractivity contribution >= 4 is 22.6 Å². The lowest BCUT2D eigenvalue weighted by atomic mass is 10.0. The lowest BCUT2D eigenvalue weighted by Crippen LogP contribution is -2.11. The van der Waals surface area contributed by atoms with Crippen molar-refractivity contribution in [2.75, 3.05) is 0 Å². The van der Waals surface area contributed by atoms with Crippen molar-refractivity contribution in [3.63, 3.8) is 0 Å². The zero-order valence-corrected chi connectivity index (χ0v) is 12.9. The molecule has 0 aromatic heterocycles. The maximum atomic E-state index is 6.23. The molecule has 1 aromatic carbocycles. The van der Waals surface area contributed by atoms with Crippen molar-refractivity contribution < 1.29 is 0 Å². The summed E-state index contributed by atoms with van der Waals surface area (Å²) in [6, 6.07) is 8.66. The molecule has 1 aromatic rings. The largest absolute Gasteiger partial charge is 0.324 e. The topological polar surface area (TPSA) is 26.0 Å². The van der Waals surface area contributed by atoms with E-state index in [0.717, 1.165) is 6.42 Å². The van der Waals surface area contributed by atoms with Gasteiger partial charge in [-0.05, 0) is 40.6 Å². The molecule has 0 saturated heterocycles. The van der Waals surface area contributed by atoms with Crippen LogP contribution in [0.15, 0.2) is 24.3 Å². The van der Waals surface area contributed by atoms with E-state index < -0.39 is 0 Å². The molecule has 17 heavy (non-hydrogen) atoms. The Morgan fingerprint density at radius 1 is 1.06 bits per heavy atom. The second-order valence-electron chi connectivity index (χ2n) is 4.68. The van der Waals surface area contributed by atoms with Gasteiger partial charge in [-0.3, -0.25) is 0 Å². The Labute approximate surface area is 119 Å². The molecule has 0 spiro atoms. The number of benzene rings is 1. The number of rotatable bonds is 8. The van der Waals surface area contributed by atoms with E-state index in [0.29, 0.717) is 0 Å². The Kier molecular flexibility index (Phi) is 7.86. The molecule has 0 bridgehead atoms. The highest BCUT2D eigenvalue weighted by molar-refractivity contribution is 14.1. The third-order valence-electron chi connectivity index (χ3n) is 3.17. The smallest absolute Gasteiger partial charge is 0.0305 e. The molecule has 0 amide bonds. The third-order valence-corrected chi connectivity index (χ3v) is 4.16. The van der Waals surface area contributed by atoms with Gasteiger partial charge in [-0.2, -0.15) is 0 Å². The van der Waals surface area contributed by atoms with E-state index in [9.17, 15) is 0 Å². The summed E-state index contributed by atoms with van der Waals surface area (Å²) < 4.78 is 1.29. The first-order valence-corrected chi connectivity index (χ1v) is 7.83. The van der Waals surface area contributed by atoms with Crippen LogP contribution in [0, 0.1) is 3.57 Å². The summed E-state index contributed by atoms with van der Waals surface area (Å²) in [5.74, 6) is 0. The second-order valence-corrected chi connectivity index (χ2v) is 5.85. The lowest BCUT2D eigenvalue weighted by Gasteiger charge is -2.13. The van der Waals surface area contributed by atoms with Crippen molar-refractivity contribution in [2.45, 2.75) is 57.9 Å². The lowest BCUT2D eigenvalue weighted by molar-refractivity contribution is 0.546. The normalized spacial score (nSPS) is 12.6. The second kappa shape index (κ2) is 8.92. The van der Waals surface area contributed by atoms with Crippen LogP contribution >= 0.6 is 22.6 Å². The fourth-order valence-corrected chi connectivity index (χ4v) is 2.86. The average molecular weight is 345 g/mol. The van der Waals surface area contributed by atoms with Gasteiger partial charge in [0.15, 0.2) is 0 Å². The fraction of sp³-hybridized carbons (Fsp3) is 0.600. The summed E-state index contributed by atoms with van der Waals surface area (Å²) in [6.07, 6.45) is 9.16. The standard InChI is InChI=1S/C15H24IN/c1-2-3-4-5-6-7-12-15(17)13-10-8-9-11-14(13)16/h8-11,15H,2-7,12,17H2,1H3. The van der Waals surface area contributed by atoms with Crippen LogP contribution in [0.25, 0.3) is 0 Å². The molecule has 2 N–H and O–H groups in total. The van der Waals surface area contributed by atoms with E-state index in [1.54, 1.807) is 0 Å². The summed E-state index contributed by atoms with van der Waals surface area (Å²) >= 11 is 2.37. The van der Waals surface area contributed by atoms with Gasteiger partial charge in [-0.1, -0.05) is 63.6 Å². The molecule has 0 saturated carbocycles. The Morgan fingerprint density at radius 2 is 1.71 bits per heavy atom. The van der Waals surface area contributed by atoms with Crippen LogP contribution in [0.4, 0.5) is 0 Å². The van der Waals surface area contributed by atoms with Crippen molar-refractivity contribution in [1.29, 1.82) is 0 Å². The number of hydrogen-bond acceptors (Lipinski definition) is 1. The highest BCUT2D eigenvalue weighted by Gasteiger charge is 2.08. The van der Waals surface area contributed by atoms with E-state index in [1.807, 2.05) is 0 Å². The summed E-state index contributed by atoms with van der Waals surface area (Å²) in [5.41, 5.74) is 7.54. The maximum absolute atomic E-state index is 6.23. The van der Waals surface area contributed by atoms with Crippen molar-refractivity contribution in [1.82, 2.24) is 0 Å². The molecule has 0 fully saturated rings. The summed E-state index contributed by atoms with van der Waals surface area (Å²) in [7, 11) is 0. The van der Waals surface area contributed by atoms with Crippen LogP contribution in [0.1, 0.15) is 63.5 Å². The molecule has 1 atom stereocenters. The first-order chi connectivity index (χ1) is 8.25. The molecule has 2 heteroatoms. The van der Waals surface area contributed by atoms with E-state index in [4.69, 9.17) is 5.73 Å². The van der Waals surface area contributed by atoms with Crippen molar-refractivity contribution in [3.05, 3.63) is 33.4 Å². The van der Waals surface area contributed by atoms with Gasteiger partial charge in [0, 0.05) is 9.61 Å². The van der Waals surface area contributed by atoms with Gasteiger partial charge in [0.2, 0.25) is 0 Å². The minimum Gasteiger partial charge on any atom is -0.324 e. The van der Waals surface area contributed by atoms with Crippen LogP contribution in [-0.4, -0.2) is 0 Å². The molecule has 0 aliphatic carbocycles. The van der Waals surface area contributed by atoms with Gasteiger partial charge in [0.1, 0.15) is 0 Å². The minimum absolute atomic E-state index is 0.217. The van der Waals surface area contributed by atoms with Gasteiger partial charge in [-0.25, -0.2) is 0 Å². The highest BCUT2D eigenvalue weighted by atomic mass is 127. The monoisotopic (exact) mass is 345 g/mol. The average Bonchev–Trinajstić information content (AvgIpc) is 2.34. The van der Waals surface area contributed by atoms with Crippen molar-refractivity contribution in [3.8, 4) is 0 Å². The van der Waals surface area contributed by atoms with Crippen molar-refractivity contribution in [2.24, 2.45) is 5.73 Å². The molecule has 96 valence electrons. The van der Waals surface area contributed by atoms with Crippen LogP contribution in [0.5, 0.6) is 0 Å². The predicted molar refractivity (Wildman–Crippen MR) is 84.1 cm³/mol. The van der Waals surface area contributed by atoms with E-state index in [1.165, 1.54) is 47.7 Å². The molecule has 0 aliphatic heterocycles. The van der Waals surface area contributed by atoms with Gasteiger partial charge in [-0.15, -0.1) is 0 Å². The van der Waals surface area contributed by atoms with E-state index in [2.05, 4.69) is 53.8 Å². The van der Waals surface area contributed by atoms with Gasteiger partial charge in [0.05, 0.1) is 0 Å². The molecule has 1 unspecified atom stereocenters. The van der Waals surface area contributed by atoms with Crippen LogP contribution < -0.4 is 5.73 Å². The van der Waals surface area contributed by atoms with E-state index in [-0.39, 0.29) is 6.04 Å². The molecule has 1 rings (SSSR count). The van der Waals surface area contributed by atoms with Gasteiger partial charge in [0.25, 0.3) is 0 Å². The molecular formula is C15H24IN. The number of halogens is 1. The fourth-order valence-electron chi connectivity index (χ4n) is 2.08.